The number of ether oxygens (including phenoxy) is 1. The van der Waals surface area contributed by atoms with E-state index in [1.165, 1.54) is 0 Å². The van der Waals surface area contributed by atoms with Crippen molar-refractivity contribution in [1.82, 2.24) is 5.43 Å². The molecule has 3 aromatic carbocycles. The number of amides is 1. The first-order valence-electron chi connectivity index (χ1n) is 8.83. The maximum atomic E-state index is 12.4. The van der Waals surface area contributed by atoms with Crippen molar-refractivity contribution in [2.45, 2.75) is 6.92 Å². The molecule has 0 aliphatic rings. The number of nitrogens with one attached hydrogen (secondary N) is 1. The van der Waals surface area contributed by atoms with Gasteiger partial charge in [-0.2, -0.15) is 5.10 Å². The number of hydrogen-bond donors (Lipinski definition) is 1. The molecular weight excluding hydrogens is 420 g/mol. The average Bonchev–Trinajstić information content (AvgIpc) is 3.15. The second kappa shape index (κ2) is 7.86. The smallest absolute Gasteiger partial charge is 0.307 e. The molecule has 0 aliphatic carbocycles. The van der Waals surface area contributed by atoms with Gasteiger partial charge in [0.15, 0.2) is 5.76 Å². The molecule has 0 radical (unpaired) electrons. The monoisotopic (exact) mass is 436 g/mol. The molecule has 4 aromatic rings. The van der Waals surface area contributed by atoms with Crippen LogP contribution in [0.4, 0.5) is 0 Å². The molecule has 0 bridgehead atoms. The van der Waals surface area contributed by atoms with Crippen molar-refractivity contribution in [3.63, 3.8) is 0 Å². The molecule has 1 amide bonds. The van der Waals surface area contributed by atoms with Gasteiger partial charge in [0.1, 0.15) is 11.3 Å². The standard InChI is InChI=1S/C22H17BrN2O3/c1-2-27-20-9-7-14(11-18(20)23)13-24-25-22(26)21-12-17-16-6-4-3-5-15(16)8-10-19(17)28-21/h3-13H,2H2,1H3,(H,25,26). The minimum Gasteiger partial charge on any atom is -0.493 e. The SMILES string of the molecule is CCOc1ccc(C=NNC(=O)c2cc3c(ccc4ccccc43)o2)cc1Br. The summed E-state index contributed by atoms with van der Waals surface area (Å²) in [5.74, 6) is 0.580. The van der Waals surface area contributed by atoms with E-state index in [9.17, 15) is 4.79 Å². The molecule has 0 aliphatic heterocycles. The summed E-state index contributed by atoms with van der Waals surface area (Å²) >= 11 is 3.46. The van der Waals surface area contributed by atoms with Crippen molar-refractivity contribution in [3.8, 4) is 5.75 Å². The molecule has 1 aromatic heterocycles. The van der Waals surface area contributed by atoms with Crippen LogP contribution in [0.15, 0.2) is 74.7 Å². The van der Waals surface area contributed by atoms with E-state index in [-0.39, 0.29) is 5.76 Å². The normalized spacial score (nSPS) is 11.4. The molecule has 0 fully saturated rings. The van der Waals surface area contributed by atoms with E-state index < -0.39 is 5.91 Å². The molecule has 0 saturated carbocycles. The van der Waals surface area contributed by atoms with Crippen molar-refractivity contribution in [3.05, 3.63) is 76.5 Å². The number of rotatable bonds is 5. The van der Waals surface area contributed by atoms with Crippen molar-refractivity contribution in [1.29, 1.82) is 0 Å². The van der Waals surface area contributed by atoms with Gasteiger partial charge in [-0.05, 0) is 69.5 Å². The van der Waals surface area contributed by atoms with Crippen LogP contribution in [-0.2, 0) is 0 Å². The van der Waals surface area contributed by atoms with E-state index >= 15 is 0 Å². The van der Waals surface area contributed by atoms with Gasteiger partial charge in [-0.1, -0.05) is 30.3 Å². The Hall–Kier alpha value is -3.12. The maximum absolute atomic E-state index is 12.4. The highest BCUT2D eigenvalue weighted by Crippen LogP contribution is 2.28. The highest BCUT2D eigenvalue weighted by atomic mass is 79.9. The van der Waals surface area contributed by atoms with Crippen LogP contribution in [0.1, 0.15) is 23.0 Å². The Morgan fingerprint density at radius 2 is 2.00 bits per heavy atom. The number of hydrogen-bond acceptors (Lipinski definition) is 4. The summed E-state index contributed by atoms with van der Waals surface area (Å²) in [5, 5.41) is 7.07. The molecule has 140 valence electrons. The van der Waals surface area contributed by atoms with E-state index in [0.717, 1.165) is 31.9 Å². The molecule has 6 heteroatoms. The number of nitrogens with zero attached hydrogens (tertiary/aromatic N) is 1. The van der Waals surface area contributed by atoms with Crippen LogP contribution >= 0.6 is 15.9 Å². The molecule has 0 saturated heterocycles. The summed E-state index contributed by atoms with van der Waals surface area (Å²) in [5.41, 5.74) is 4.00. The predicted molar refractivity (Wildman–Crippen MR) is 114 cm³/mol. The Morgan fingerprint density at radius 3 is 2.82 bits per heavy atom. The van der Waals surface area contributed by atoms with Gasteiger partial charge in [0, 0.05) is 5.39 Å². The minimum atomic E-state index is -0.401. The first kappa shape index (κ1) is 18.3. The van der Waals surface area contributed by atoms with Crippen LogP contribution in [0.5, 0.6) is 5.75 Å². The summed E-state index contributed by atoms with van der Waals surface area (Å²) in [6.45, 7) is 2.52. The summed E-state index contributed by atoms with van der Waals surface area (Å²) in [7, 11) is 0. The third-order valence-electron chi connectivity index (χ3n) is 4.29. The maximum Gasteiger partial charge on any atom is 0.307 e. The Labute approximate surface area is 170 Å². The van der Waals surface area contributed by atoms with E-state index in [1.54, 1.807) is 12.3 Å². The Balaban J connectivity index is 1.51. The van der Waals surface area contributed by atoms with E-state index in [1.807, 2.05) is 61.5 Å². The number of carbonyl (C=O) groups excluding carboxylic acids is 1. The largest absolute Gasteiger partial charge is 0.493 e. The van der Waals surface area contributed by atoms with Gasteiger partial charge in [0.25, 0.3) is 0 Å². The van der Waals surface area contributed by atoms with E-state index in [4.69, 9.17) is 9.15 Å². The molecule has 5 nitrogen and oxygen atoms in total. The van der Waals surface area contributed by atoms with Crippen LogP contribution in [0.3, 0.4) is 0 Å². The Bertz CT molecular complexity index is 1200. The lowest BCUT2D eigenvalue weighted by Gasteiger charge is -2.05. The van der Waals surface area contributed by atoms with Crippen molar-refractivity contribution in [2.75, 3.05) is 6.61 Å². The van der Waals surface area contributed by atoms with Gasteiger partial charge in [-0.15, -0.1) is 0 Å². The van der Waals surface area contributed by atoms with Gasteiger partial charge in [-0.3, -0.25) is 4.79 Å². The number of halogens is 1. The Morgan fingerprint density at radius 1 is 1.14 bits per heavy atom. The lowest BCUT2D eigenvalue weighted by atomic mass is 10.1. The first-order chi connectivity index (χ1) is 13.7. The number of hydrazone groups is 1. The first-order valence-corrected chi connectivity index (χ1v) is 9.62. The zero-order valence-corrected chi connectivity index (χ0v) is 16.7. The zero-order chi connectivity index (χ0) is 19.5. The van der Waals surface area contributed by atoms with Gasteiger partial charge in [0.05, 0.1) is 17.3 Å². The molecule has 1 N–H and O–H groups in total. The minimum absolute atomic E-state index is 0.219. The molecule has 0 spiro atoms. The highest BCUT2D eigenvalue weighted by Gasteiger charge is 2.13. The fourth-order valence-corrected chi connectivity index (χ4v) is 3.51. The summed E-state index contributed by atoms with van der Waals surface area (Å²) < 4.78 is 12.0. The van der Waals surface area contributed by atoms with Crippen LogP contribution in [0.25, 0.3) is 21.7 Å². The van der Waals surface area contributed by atoms with Gasteiger partial charge < -0.3 is 9.15 Å². The predicted octanol–water partition coefficient (Wildman–Crippen LogP) is 5.51. The van der Waals surface area contributed by atoms with Crippen molar-refractivity contribution < 1.29 is 13.9 Å². The molecule has 4 rings (SSSR count). The molecule has 0 atom stereocenters. The topological polar surface area (TPSA) is 63.8 Å². The van der Waals surface area contributed by atoms with Gasteiger partial charge >= 0.3 is 5.91 Å². The van der Waals surface area contributed by atoms with Crippen LogP contribution < -0.4 is 10.2 Å². The third kappa shape index (κ3) is 3.64. The number of furan rings is 1. The average molecular weight is 437 g/mol. The van der Waals surface area contributed by atoms with Crippen LogP contribution in [-0.4, -0.2) is 18.7 Å². The Kier molecular flexibility index (Phi) is 5.12. The third-order valence-corrected chi connectivity index (χ3v) is 4.91. The lowest BCUT2D eigenvalue weighted by molar-refractivity contribution is 0.0929. The number of carbonyl (C=O) groups is 1. The quantitative estimate of drug-likeness (QED) is 0.331. The number of fused-ring (bicyclic) bond motifs is 3. The highest BCUT2D eigenvalue weighted by molar-refractivity contribution is 9.10. The molecule has 28 heavy (non-hydrogen) atoms. The van der Waals surface area contributed by atoms with Gasteiger partial charge in [0.2, 0.25) is 0 Å². The van der Waals surface area contributed by atoms with Crippen LogP contribution in [0, 0.1) is 0 Å². The fraction of sp³-hybridized carbons (Fsp3) is 0.0909. The van der Waals surface area contributed by atoms with Crippen molar-refractivity contribution in [2.24, 2.45) is 5.10 Å². The fourth-order valence-electron chi connectivity index (χ4n) is 2.99. The lowest BCUT2D eigenvalue weighted by Crippen LogP contribution is -2.16. The van der Waals surface area contributed by atoms with Crippen LogP contribution in [0.2, 0.25) is 0 Å². The second-order valence-corrected chi connectivity index (χ2v) is 6.99. The molecular formula is C22H17BrN2O3. The summed E-state index contributed by atoms with van der Waals surface area (Å²) in [4.78, 5) is 12.4. The number of benzene rings is 3. The summed E-state index contributed by atoms with van der Waals surface area (Å²) in [6.07, 6.45) is 1.57. The summed E-state index contributed by atoms with van der Waals surface area (Å²) in [6, 6.07) is 19.2. The van der Waals surface area contributed by atoms with E-state index in [0.29, 0.717) is 12.2 Å². The van der Waals surface area contributed by atoms with E-state index in [2.05, 4.69) is 26.5 Å². The molecule has 0 unspecified atom stereocenters. The zero-order valence-electron chi connectivity index (χ0n) is 15.1. The second-order valence-electron chi connectivity index (χ2n) is 6.13. The molecule has 1 heterocycles. The van der Waals surface area contributed by atoms with Gasteiger partial charge in [-0.25, -0.2) is 5.43 Å². The van der Waals surface area contributed by atoms with Crippen molar-refractivity contribution >= 4 is 49.8 Å².